The molecule has 7 heteroatoms. The van der Waals surface area contributed by atoms with Gasteiger partial charge in [-0.1, -0.05) is 0 Å². The molecule has 0 saturated carbocycles. The number of nitrogens with one attached hydrogen (secondary N) is 2. The average Bonchev–Trinajstić information content (AvgIpc) is 2.81. The highest BCUT2D eigenvalue weighted by molar-refractivity contribution is 5.89. The van der Waals surface area contributed by atoms with Gasteiger partial charge in [-0.25, -0.2) is 23.1 Å². The van der Waals surface area contributed by atoms with Crippen LogP contribution in [0.1, 0.15) is 5.69 Å². The van der Waals surface area contributed by atoms with Crippen molar-refractivity contribution < 1.29 is 13.2 Å². The smallest absolute Gasteiger partial charge is 0.196 e. The summed E-state index contributed by atoms with van der Waals surface area (Å²) in [5.41, 5.74) is 1.24. The minimum absolute atomic E-state index is 0.192. The van der Waals surface area contributed by atoms with E-state index in [1.54, 1.807) is 6.07 Å². The van der Waals surface area contributed by atoms with E-state index in [9.17, 15) is 13.2 Å². The van der Waals surface area contributed by atoms with E-state index < -0.39 is 17.5 Å². The zero-order valence-corrected chi connectivity index (χ0v) is 10.3. The molecule has 0 aliphatic carbocycles. The van der Waals surface area contributed by atoms with E-state index in [0.717, 1.165) is 17.8 Å². The third-order valence-electron chi connectivity index (χ3n) is 2.85. The summed E-state index contributed by atoms with van der Waals surface area (Å²) in [6.45, 7) is 1.84. The van der Waals surface area contributed by atoms with Gasteiger partial charge in [-0.2, -0.15) is 0 Å². The van der Waals surface area contributed by atoms with Gasteiger partial charge in [0.1, 0.15) is 17.8 Å². The van der Waals surface area contributed by atoms with Gasteiger partial charge in [0.2, 0.25) is 0 Å². The Morgan fingerprint density at radius 2 is 1.90 bits per heavy atom. The topological polar surface area (TPSA) is 53.6 Å². The standard InChI is InChI=1S/C13H9F3N4/c1-6-4-7-12(19-6)17-5-18-13(7)20-9-3-2-8(14)10(15)11(9)16/h2-5H,1H3,(H2,17,18,19,20). The summed E-state index contributed by atoms with van der Waals surface area (Å²) < 4.78 is 39.7. The first-order valence-electron chi connectivity index (χ1n) is 5.77. The lowest BCUT2D eigenvalue weighted by Gasteiger charge is -2.08. The molecule has 3 aromatic rings. The molecule has 2 heterocycles. The number of fused-ring (bicyclic) bond motifs is 1. The number of anilines is 2. The fourth-order valence-corrected chi connectivity index (χ4v) is 1.92. The molecule has 0 saturated heterocycles. The van der Waals surface area contributed by atoms with E-state index >= 15 is 0 Å². The van der Waals surface area contributed by atoms with Crippen LogP contribution in [-0.2, 0) is 0 Å². The summed E-state index contributed by atoms with van der Waals surface area (Å²) in [5, 5.41) is 3.28. The normalized spacial score (nSPS) is 11.0. The number of rotatable bonds is 2. The molecule has 0 fully saturated rings. The third-order valence-corrected chi connectivity index (χ3v) is 2.85. The Kier molecular flexibility index (Phi) is 2.81. The van der Waals surface area contributed by atoms with Crippen molar-refractivity contribution in [2.24, 2.45) is 0 Å². The highest BCUT2D eigenvalue weighted by atomic mass is 19.2. The molecule has 4 nitrogen and oxygen atoms in total. The number of aromatic amines is 1. The van der Waals surface area contributed by atoms with Gasteiger partial charge in [-0.15, -0.1) is 0 Å². The number of benzene rings is 1. The van der Waals surface area contributed by atoms with Crippen LogP contribution in [0.5, 0.6) is 0 Å². The fourth-order valence-electron chi connectivity index (χ4n) is 1.92. The largest absolute Gasteiger partial charge is 0.343 e. The first-order chi connectivity index (χ1) is 9.56. The first-order valence-corrected chi connectivity index (χ1v) is 5.77. The molecule has 0 unspecified atom stereocenters. The monoisotopic (exact) mass is 278 g/mol. The summed E-state index contributed by atoms with van der Waals surface area (Å²) in [6.07, 6.45) is 1.29. The van der Waals surface area contributed by atoms with Crippen molar-refractivity contribution in [3.8, 4) is 0 Å². The van der Waals surface area contributed by atoms with Gasteiger partial charge in [-0.3, -0.25) is 0 Å². The second-order valence-electron chi connectivity index (χ2n) is 4.28. The fraction of sp³-hybridized carbons (Fsp3) is 0.0769. The van der Waals surface area contributed by atoms with Gasteiger partial charge in [0.05, 0.1) is 11.1 Å². The molecule has 2 N–H and O–H groups in total. The van der Waals surface area contributed by atoms with E-state index in [-0.39, 0.29) is 5.69 Å². The molecule has 0 spiro atoms. The number of H-pyrrole nitrogens is 1. The maximum atomic E-state index is 13.6. The zero-order valence-electron chi connectivity index (χ0n) is 10.3. The van der Waals surface area contributed by atoms with Gasteiger partial charge in [0.25, 0.3) is 0 Å². The van der Waals surface area contributed by atoms with Crippen molar-refractivity contribution in [3.63, 3.8) is 0 Å². The van der Waals surface area contributed by atoms with Crippen molar-refractivity contribution in [2.75, 3.05) is 5.32 Å². The van der Waals surface area contributed by atoms with Crippen LogP contribution >= 0.6 is 0 Å². The molecule has 0 aliphatic rings. The highest BCUT2D eigenvalue weighted by Gasteiger charge is 2.15. The molecule has 0 atom stereocenters. The molecule has 1 aromatic carbocycles. The second kappa shape index (κ2) is 4.52. The van der Waals surface area contributed by atoms with Crippen LogP contribution < -0.4 is 5.32 Å². The number of nitrogens with zero attached hydrogens (tertiary/aromatic N) is 2. The molecule has 3 rings (SSSR count). The maximum absolute atomic E-state index is 13.6. The number of aromatic nitrogens is 3. The lowest BCUT2D eigenvalue weighted by atomic mass is 10.2. The Labute approximate surface area is 111 Å². The zero-order chi connectivity index (χ0) is 14.3. The van der Waals surface area contributed by atoms with Crippen molar-refractivity contribution in [1.82, 2.24) is 15.0 Å². The van der Waals surface area contributed by atoms with Crippen molar-refractivity contribution >= 4 is 22.5 Å². The molecule has 0 radical (unpaired) electrons. The SMILES string of the molecule is Cc1cc2c(Nc3ccc(F)c(F)c3F)ncnc2[nH]1. The Hall–Kier alpha value is -2.57. The van der Waals surface area contributed by atoms with Gasteiger partial charge < -0.3 is 10.3 Å². The van der Waals surface area contributed by atoms with Crippen LogP contribution in [0.15, 0.2) is 24.5 Å². The summed E-state index contributed by atoms with van der Waals surface area (Å²) >= 11 is 0. The number of aryl methyl sites for hydroxylation is 1. The van der Waals surface area contributed by atoms with Crippen LogP contribution in [0.25, 0.3) is 11.0 Å². The van der Waals surface area contributed by atoms with Gasteiger partial charge in [0.15, 0.2) is 17.5 Å². The molecule has 0 amide bonds. The molecular weight excluding hydrogens is 269 g/mol. The number of hydrogen-bond acceptors (Lipinski definition) is 3. The molecule has 0 aliphatic heterocycles. The Morgan fingerprint density at radius 1 is 1.10 bits per heavy atom. The second-order valence-corrected chi connectivity index (χ2v) is 4.28. The first kappa shape index (κ1) is 12.5. The minimum Gasteiger partial charge on any atom is -0.343 e. The Morgan fingerprint density at radius 3 is 2.70 bits per heavy atom. The maximum Gasteiger partial charge on any atom is 0.196 e. The lowest BCUT2D eigenvalue weighted by molar-refractivity contribution is 0.449. The van der Waals surface area contributed by atoms with E-state index in [0.29, 0.717) is 16.9 Å². The Bertz CT molecular complexity index is 798. The van der Waals surface area contributed by atoms with E-state index in [1.807, 2.05) is 6.92 Å². The summed E-state index contributed by atoms with van der Waals surface area (Å²) in [7, 11) is 0. The summed E-state index contributed by atoms with van der Waals surface area (Å²) in [5.74, 6) is -3.74. The van der Waals surface area contributed by atoms with Crippen LogP contribution in [0, 0.1) is 24.4 Å². The average molecular weight is 278 g/mol. The van der Waals surface area contributed by atoms with Crippen molar-refractivity contribution in [1.29, 1.82) is 0 Å². The van der Waals surface area contributed by atoms with Crippen molar-refractivity contribution in [2.45, 2.75) is 6.92 Å². The molecule has 0 bridgehead atoms. The highest BCUT2D eigenvalue weighted by Crippen LogP contribution is 2.26. The van der Waals surface area contributed by atoms with Crippen LogP contribution in [0.3, 0.4) is 0 Å². The molecule has 102 valence electrons. The van der Waals surface area contributed by atoms with E-state index in [1.165, 1.54) is 6.33 Å². The summed E-state index contributed by atoms with van der Waals surface area (Å²) in [6, 6.07) is 3.73. The van der Waals surface area contributed by atoms with Crippen LogP contribution in [0.4, 0.5) is 24.7 Å². The van der Waals surface area contributed by atoms with Gasteiger partial charge >= 0.3 is 0 Å². The molecular formula is C13H9F3N4. The van der Waals surface area contributed by atoms with Crippen LogP contribution in [-0.4, -0.2) is 15.0 Å². The number of halogens is 3. The molecule has 20 heavy (non-hydrogen) atoms. The van der Waals surface area contributed by atoms with Crippen molar-refractivity contribution in [3.05, 3.63) is 47.7 Å². The lowest BCUT2D eigenvalue weighted by Crippen LogP contribution is -2.00. The quantitative estimate of drug-likeness (QED) is 0.706. The van der Waals surface area contributed by atoms with E-state index in [2.05, 4.69) is 20.3 Å². The van der Waals surface area contributed by atoms with Gasteiger partial charge in [0, 0.05) is 5.69 Å². The van der Waals surface area contributed by atoms with Crippen LogP contribution in [0.2, 0.25) is 0 Å². The predicted octanol–water partition coefficient (Wildman–Crippen LogP) is 3.43. The van der Waals surface area contributed by atoms with E-state index in [4.69, 9.17) is 0 Å². The molecule has 2 aromatic heterocycles. The summed E-state index contributed by atoms with van der Waals surface area (Å²) in [4.78, 5) is 11.0. The minimum atomic E-state index is -1.52. The van der Waals surface area contributed by atoms with Gasteiger partial charge in [-0.05, 0) is 25.1 Å². The number of hydrogen-bond donors (Lipinski definition) is 2. The third kappa shape index (κ3) is 1.97. The Balaban J connectivity index is 2.08. The predicted molar refractivity (Wildman–Crippen MR) is 68.2 cm³/mol.